The summed E-state index contributed by atoms with van der Waals surface area (Å²) < 4.78 is 24.6. The predicted octanol–water partition coefficient (Wildman–Crippen LogP) is 0.455. The minimum atomic E-state index is -3.65. The maximum atomic E-state index is 10.5. The molecule has 0 amide bonds. The maximum Gasteiger partial charge on any atom is 0.346 e. The van der Waals surface area contributed by atoms with Gasteiger partial charge in [-0.15, -0.1) is 0 Å². The van der Waals surface area contributed by atoms with Gasteiger partial charge in [-0.05, 0) is 6.42 Å². The van der Waals surface area contributed by atoms with Gasteiger partial charge in [0, 0.05) is 6.08 Å². The summed E-state index contributed by atoms with van der Waals surface area (Å²) in [5.41, 5.74) is 0. The van der Waals surface area contributed by atoms with Gasteiger partial charge in [-0.1, -0.05) is 13.0 Å². The van der Waals surface area contributed by atoms with E-state index in [9.17, 15) is 13.2 Å². The van der Waals surface area contributed by atoms with E-state index in [4.69, 9.17) is 0 Å². The SMILES string of the molecule is CCC=CC(=O)OS(C)(=O)=O. The van der Waals surface area contributed by atoms with Crippen molar-refractivity contribution in [3.8, 4) is 0 Å². The van der Waals surface area contributed by atoms with Crippen LogP contribution in [-0.4, -0.2) is 20.6 Å². The van der Waals surface area contributed by atoms with Crippen molar-refractivity contribution in [1.29, 1.82) is 0 Å². The molecule has 0 aliphatic carbocycles. The van der Waals surface area contributed by atoms with E-state index in [1.807, 2.05) is 6.92 Å². The highest BCUT2D eigenvalue weighted by Crippen LogP contribution is 1.90. The summed E-state index contributed by atoms with van der Waals surface area (Å²) in [7, 11) is -3.65. The number of carbonyl (C=O) groups is 1. The first-order chi connectivity index (χ1) is 4.95. The second-order valence-corrected chi connectivity index (χ2v) is 3.49. The fraction of sp³-hybridized carbons (Fsp3) is 0.500. The Labute approximate surface area is 66.0 Å². The number of carbonyl (C=O) groups excluding carboxylic acids is 1. The smallest absolute Gasteiger partial charge is 0.342 e. The topological polar surface area (TPSA) is 60.4 Å². The molecular formula is C6H10O4S. The summed E-state index contributed by atoms with van der Waals surface area (Å²) >= 11 is 0. The van der Waals surface area contributed by atoms with Gasteiger partial charge in [-0.3, -0.25) is 0 Å². The van der Waals surface area contributed by atoms with E-state index in [1.165, 1.54) is 6.08 Å². The highest BCUT2D eigenvalue weighted by molar-refractivity contribution is 7.86. The van der Waals surface area contributed by atoms with E-state index in [-0.39, 0.29) is 0 Å². The highest BCUT2D eigenvalue weighted by atomic mass is 32.2. The third-order valence-corrected chi connectivity index (χ3v) is 1.19. The van der Waals surface area contributed by atoms with Crippen LogP contribution in [0.2, 0.25) is 0 Å². The lowest BCUT2D eigenvalue weighted by atomic mass is 10.4. The molecule has 0 spiro atoms. The number of rotatable bonds is 3. The van der Waals surface area contributed by atoms with Crippen molar-refractivity contribution in [3.63, 3.8) is 0 Å². The lowest BCUT2D eigenvalue weighted by Crippen LogP contribution is -2.08. The van der Waals surface area contributed by atoms with Crippen molar-refractivity contribution in [1.82, 2.24) is 0 Å². The van der Waals surface area contributed by atoms with Crippen molar-refractivity contribution < 1.29 is 17.4 Å². The molecule has 64 valence electrons. The minimum Gasteiger partial charge on any atom is -0.342 e. The average Bonchev–Trinajstić information content (AvgIpc) is 1.79. The second kappa shape index (κ2) is 4.12. The largest absolute Gasteiger partial charge is 0.346 e. The Morgan fingerprint density at radius 2 is 2.09 bits per heavy atom. The standard InChI is InChI=1S/C6H10O4S/c1-3-4-5-6(7)10-11(2,8)9/h4-5H,3H2,1-2H3. The van der Waals surface area contributed by atoms with Gasteiger partial charge < -0.3 is 4.18 Å². The number of allylic oxidation sites excluding steroid dienone is 1. The molecule has 0 aromatic carbocycles. The van der Waals surface area contributed by atoms with Gasteiger partial charge in [0.15, 0.2) is 0 Å². The molecule has 0 radical (unpaired) electrons. The molecule has 0 rings (SSSR count). The van der Waals surface area contributed by atoms with E-state index in [2.05, 4.69) is 4.18 Å². The van der Waals surface area contributed by atoms with Crippen LogP contribution in [0.15, 0.2) is 12.2 Å². The van der Waals surface area contributed by atoms with Gasteiger partial charge in [0.25, 0.3) is 0 Å². The monoisotopic (exact) mass is 178 g/mol. The van der Waals surface area contributed by atoms with E-state index in [1.54, 1.807) is 0 Å². The molecule has 0 bridgehead atoms. The molecule has 0 saturated heterocycles. The van der Waals surface area contributed by atoms with Crippen molar-refractivity contribution in [2.45, 2.75) is 13.3 Å². The number of hydrogen-bond acceptors (Lipinski definition) is 4. The molecule has 0 unspecified atom stereocenters. The Balaban J connectivity index is 4.00. The Morgan fingerprint density at radius 3 is 2.45 bits per heavy atom. The first-order valence-corrected chi connectivity index (χ1v) is 4.87. The lowest BCUT2D eigenvalue weighted by molar-refractivity contribution is -0.128. The van der Waals surface area contributed by atoms with Crippen LogP contribution in [0.1, 0.15) is 13.3 Å². The second-order valence-electron chi connectivity index (χ2n) is 1.92. The zero-order valence-electron chi connectivity index (χ0n) is 6.40. The molecular weight excluding hydrogens is 168 g/mol. The molecule has 5 heteroatoms. The minimum absolute atomic E-state index is 0.666. The summed E-state index contributed by atoms with van der Waals surface area (Å²) in [5.74, 6) is -0.852. The zero-order chi connectivity index (χ0) is 8.91. The van der Waals surface area contributed by atoms with E-state index >= 15 is 0 Å². The molecule has 11 heavy (non-hydrogen) atoms. The molecule has 0 aliphatic rings. The van der Waals surface area contributed by atoms with Crippen LogP contribution in [0.25, 0.3) is 0 Å². The van der Waals surface area contributed by atoms with E-state index in [0.29, 0.717) is 6.42 Å². The normalized spacial score (nSPS) is 11.8. The van der Waals surface area contributed by atoms with Gasteiger partial charge in [0.1, 0.15) is 0 Å². The van der Waals surface area contributed by atoms with E-state index in [0.717, 1.165) is 12.3 Å². The summed E-state index contributed by atoms with van der Waals surface area (Å²) in [6.07, 6.45) is 4.10. The van der Waals surface area contributed by atoms with E-state index < -0.39 is 16.1 Å². The molecule has 0 N–H and O–H groups in total. The van der Waals surface area contributed by atoms with Crippen molar-refractivity contribution in [3.05, 3.63) is 12.2 Å². The van der Waals surface area contributed by atoms with Gasteiger partial charge >= 0.3 is 16.1 Å². The zero-order valence-corrected chi connectivity index (χ0v) is 7.22. The summed E-state index contributed by atoms with van der Waals surface area (Å²) in [6, 6.07) is 0. The van der Waals surface area contributed by atoms with Crippen LogP contribution in [0.4, 0.5) is 0 Å². The fourth-order valence-corrected chi connectivity index (χ4v) is 0.745. The highest BCUT2D eigenvalue weighted by Gasteiger charge is 2.05. The average molecular weight is 178 g/mol. The summed E-state index contributed by atoms with van der Waals surface area (Å²) in [6.45, 7) is 1.82. The quantitative estimate of drug-likeness (QED) is 0.465. The van der Waals surface area contributed by atoms with Crippen LogP contribution in [-0.2, 0) is 19.1 Å². The van der Waals surface area contributed by atoms with Crippen LogP contribution < -0.4 is 0 Å². The Morgan fingerprint density at radius 1 is 1.55 bits per heavy atom. The van der Waals surface area contributed by atoms with Crippen molar-refractivity contribution >= 4 is 16.1 Å². The Hall–Kier alpha value is -0.840. The summed E-state index contributed by atoms with van der Waals surface area (Å²) in [4.78, 5) is 10.5. The fourth-order valence-electron chi connectivity index (χ4n) is 0.391. The third kappa shape index (κ3) is 7.05. The molecule has 0 aromatic heterocycles. The first kappa shape index (κ1) is 10.2. The molecule has 0 fully saturated rings. The van der Waals surface area contributed by atoms with Crippen LogP contribution in [0.5, 0.6) is 0 Å². The first-order valence-electron chi connectivity index (χ1n) is 3.05. The van der Waals surface area contributed by atoms with Crippen molar-refractivity contribution in [2.24, 2.45) is 0 Å². The van der Waals surface area contributed by atoms with Crippen LogP contribution in [0.3, 0.4) is 0 Å². The maximum absolute atomic E-state index is 10.5. The molecule has 0 atom stereocenters. The third-order valence-electron chi connectivity index (χ3n) is 0.723. The van der Waals surface area contributed by atoms with Gasteiger partial charge in [-0.2, -0.15) is 8.42 Å². The summed E-state index contributed by atoms with van der Waals surface area (Å²) in [5, 5.41) is 0. The molecule has 0 heterocycles. The molecule has 0 aromatic rings. The molecule has 4 nitrogen and oxygen atoms in total. The van der Waals surface area contributed by atoms with Crippen molar-refractivity contribution in [2.75, 3.05) is 6.26 Å². The molecule has 0 aliphatic heterocycles. The van der Waals surface area contributed by atoms with Gasteiger partial charge in [0.2, 0.25) is 0 Å². The lowest BCUT2D eigenvalue weighted by Gasteiger charge is -1.94. The predicted molar refractivity (Wildman–Crippen MR) is 40.4 cm³/mol. The number of hydrogen-bond donors (Lipinski definition) is 0. The van der Waals surface area contributed by atoms with Gasteiger partial charge in [0.05, 0.1) is 6.26 Å². The van der Waals surface area contributed by atoms with Gasteiger partial charge in [-0.25, -0.2) is 4.79 Å². The molecule has 0 saturated carbocycles. The Bertz CT molecular complexity index is 250. The van der Waals surface area contributed by atoms with Crippen LogP contribution >= 0.6 is 0 Å². The Kier molecular flexibility index (Phi) is 3.81. The van der Waals surface area contributed by atoms with Crippen LogP contribution in [0, 0.1) is 0 Å².